The molecule has 0 radical (unpaired) electrons. The van der Waals surface area contributed by atoms with Gasteiger partial charge in [-0.25, -0.2) is 4.98 Å². The third kappa shape index (κ3) is 5.16. The van der Waals surface area contributed by atoms with Gasteiger partial charge in [0.1, 0.15) is 11.5 Å². The maximum absolute atomic E-state index is 11.6. The summed E-state index contributed by atoms with van der Waals surface area (Å²) in [7, 11) is 1.63. The predicted octanol–water partition coefficient (Wildman–Crippen LogP) is 4.93. The molecular formula is C23H22N4O3S. The van der Waals surface area contributed by atoms with Gasteiger partial charge in [-0.3, -0.25) is 4.79 Å². The summed E-state index contributed by atoms with van der Waals surface area (Å²) in [6.07, 6.45) is 2.08. The molecule has 3 aromatic rings. The van der Waals surface area contributed by atoms with Crippen LogP contribution in [0, 0.1) is 0 Å². The molecule has 8 heteroatoms. The van der Waals surface area contributed by atoms with E-state index < -0.39 is 0 Å². The van der Waals surface area contributed by atoms with Crippen LogP contribution in [0.1, 0.15) is 11.3 Å². The van der Waals surface area contributed by atoms with Crippen molar-refractivity contribution < 1.29 is 14.3 Å². The summed E-state index contributed by atoms with van der Waals surface area (Å²) in [4.78, 5) is 20.9. The van der Waals surface area contributed by atoms with Crippen molar-refractivity contribution in [1.82, 2.24) is 9.97 Å². The lowest BCUT2D eigenvalue weighted by molar-refractivity contribution is -0.111. The normalized spacial score (nSPS) is 12.4. The summed E-state index contributed by atoms with van der Waals surface area (Å²) in [6, 6.07) is 14.7. The molecular weight excluding hydrogens is 412 g/mol. The van der Waals surface area contributed by atoms with Gasteiger partial charge >= 0.3 is 0 Å². The highest BCUT2D eigenvalue weighted by atomic mass is 32.2. The number of aromatic nitrogens is 2. The minimum atomic E-state index is -0.279. The van der Waals surface area contributed by atoms with Crippen LogP contribution < -0.4 is 20.1 Å². The van der Waals surface area contributed by atoms with E-state index in [1.807, 2.05) is 48.2 Å². The quantitative estimate of drug-likeness (QED) is 0.510. The van der Waals surface area contributed by atoms with Crippen LogP contribution in [0.4, 0.5) is 17.3 Å². The summed E-state index contributed by atoms with van der Waals surface area (Å²) in [5.41, 5.74) is 3.45. The first-order valence-corrected chi connectivity index (χ1v) is 10.9. The second-order valence-electron chi connectivity index (χ2n) is 6.76. The van der Waals surface area contributed by atoms with Crippen molar-refractivity contribution in [2.45, 2.75) is 12.2 Å². The second kappa shape index (κ2) is 9.53. The van der Waals surface area contributed by atoms with Gasteiger partial charge in [-0.05, 0) is 54.6 Å². The van der Waals surface area contributed by atoms with E-state index in [-0.39, 0.29) is 5.91 Å². The molecule has 0 bridgehead atoms. The van der Waals surface area contributed by atoms with E-state index in [1.54, 1.807) is 19.2 Å². The Labute approximate surface area is 184 Å². The number of hydrogen-bond acceptors (Lipinski definition) is 7. The SMILES string of the molecule is C=CC(=O)Nc1cccc(Oc2nc(Nc3ccc(OC)cc3)nc3c2CSCC3)c1. The standard InChI is InChI=1S/C23H22N4O3S/c1-3-21(28)24-16-5-4-6-18(13-16)30-22-19-14-31-12-11-20(19)26-23(27-22)25-15-7-9-17(29-2)10-8-15/h3-10,13H,1,11-12,14H2,2H3,(H,24,28)(H,25,26,27). The molecule has 2 heterocycles. The number of amides is 1. The fourth-order valence-corrected chi connectivity index (χ4v) is 4.06. The molecule has 158 valence electrons. The lowest BCUT2D eigenvalue weighted by atomic mass is 10.2. The monoisotopic (exact) mass is 434 g/mol. The Bertz CT molecular complexity index is 1100. The molecule has 0 aliphatic carbocycles. The Morgan fingerprint density at radius 2 is 1.97 bits per heavy atom. The van der Waals surface area contributed by atoms with E-state index in [0.717, 1.165) is 40.6 Å². The Morgan fingerprint density at radius 3 is 2.74 bits per heavy atom. The first kappa shape index (κ1) is 20.7. The van der Waals surface area contributed by atoms with Crippen molar-refractivity contribution in [2.24, 2.45) is 0 Å². The number of ether oxygens (including phenoxy) is 2. The molecule has 0 unspecified atom stereocenters. The number of carbonyl (C=O) groups is 1. The number of nitrogens with zero attached hydrogens (tertiary/aromatic N) is 2. The molecule has 2 N–H and O–H groups in total. The summed E-state index contributed by atoms with van der Waals surface area (Å²) in [5, 5.41) is 5.98. The molecule has 0 atom stereocenters. The van der Waals surface area contributed by atoms with E-state index in [9.17, 15) is 4.79 Å². The van der Waals surface area contributed by atoms with Gasteiger partial charge in [-0.2, -0.15) is 16.7 Å². The molecule has 4 rings (SSSR count). The third-order valence-corrected chi connectivity index (χ3v) is 5.62. The highest BCUT2D eigenvalue weighted by molar-refractivity contribution is 7.98. The number of anilines is 3. The maximum Gasteiger partial charge on any atom is 0.247 e. The van der Waals surface area contributed by atoms with Crippen LogP contribution in [0.15, 0.2) is 61.2 Å². The lowest BCUT2D eigenvalue weighted by Crippen LogP contribution is -2.11. The van der Waals surface area contributed by atoms with Crippen molar-refractivity contribution in [1.29, 1.82) is 0 Å². The zero-order valence-electron chi connectivity index (χ0n) is 17.1. The predicted molar refractivity (Wildman–Crippen MR) is 124 cm³/mol. The zero-order chi connectivity index (χ0) is 21.6. The van der Waals surface area contributed by atoms with Crippen LogP contribution in [0.2, 0.25) is 0 Å². The minimum Gasteiger partial charge on any atom is -0.497 e. The molecule has 1 aromatic heterocycles. The Hall–Kier alpha value is -3.52. The van der Waals surface area contributed by atoms with Crippen LogP contribution >= 0.6 is 11.8 Å². The van der Waals surface area contributed by atoms with Gasteiger partial charge < -0.3 is 20.1 Å². The molecule has 2 aromatic carbocycles. The highest BCUT2D eigenvalue weighted by Gasteiger charge is 2.20. The van der Waals surface area contributed by atoms with Gasteiger partial charge in [0, 0.05) is 28.8 Å². The molecule has 1 amide bonds. The number of rotatable bonds is 7. The molecule has 1 aliphatic rings. The van der Waals surface area contributed by atoms with Crippen molar-refractivity contribution in [3.63, 3.8) is 0 Å². The Morgan fingerprint density at radius 1 is 1.13 bits per heavy atom. The molecule has 0 saturated carbocycles. The fourth-order valence-electron chi connectivity index (χ4n) is 3.09. The largest absolute Gasteiger partial charge is 0.497 e. The second-order valence-corrected chi connectivity index (χ2v) is 7.86. The van der Waals surface area contributed by atoms with Gasteiger partial charge in [-0.15, -0.1) is 0 Å². The van der Waals surface area contributed by atoms with Crippen LogP contribution in [-0.4, -0.2) is 28.7 Å². The average Bonchev–Trinajstić information content (AvgIpc) is 2.80. The van der Waals surface area contributed by atoms with Crippen molar-refractivity contribution in [2.75, 3.05) is 23.5 Å². The number of carbonyl (C=O) groups excluding carboxylic acids is 1. The Balaban J connectivity index is 1.62. The molecule has 31 heavy (non-hydrogen) atoms. The van der Waals surface area contributed by atoms with E-state index >= 15 is 0 Å². The number of benzene rings is 2. The number of methoxy groups -OCH3 is 1. The molecule has 7 nitrogen and oxygen atoms in total. The minimum absolute atomic E-state index is 0.279. The van der Waals surface area contributed by atoms with E-state index in [2.05, 4.69) is 22.2 Å². The van der Waals surface area contributed by atoms with Crippen LogP contribution in [0.3, 0.4) is 0 Å². The summed E-state index contributed by atoms with van der Waals surface area (Å²) in [5.74, 6) is 3.87. The van der Waals surface area contributed by atoms with Crippen molar-refractivity contribution >= 4 is 35.0 Å². The van der Waals surface area contributed by atoms with Gasteiger partial charge in [0.15, 0.2) is 0 Å². The number of thioether (sulfide) groups is 1. The summed E-state index contributed by atoms with van der Waals surface area (Å²) < 4.78 is 11.4. The van der Waals surface area contributed by atoms with Crippen molar-refractivity contribution in [3.05, 3.63) is 72.4 Å². The molecule has 1 aliphatic heterocycles. The van der Waals surface area contributed by atoms with E-state index in [4.69, 9.17) is 14.5 Å². The van der Waals surface area contributed by atoms with Gasteiger partial charge in [0.25, 0.3) is 0 Å². The number of aryl methyl sites for hydroxylation is 1. The van der Waals surface area contributed by atoms with Crippen LogP contribution in [-0.2, 0) is 17.0 Å². The number of hydrogen-bond donors (Lipinski definition) is 2. The van der Waals surface area contributed by atoms with E-state index in [1.165, 1.54) is 6.08 Å². The third-order valence-electron chi connectivity index (χ3n) is 4.63. The molecule has 0 saturated heterocycles. The Kier molecular flexibility index (Phi) is 6.37. The summed E-state index contributed by atoms with van der Waals surface area (Å²) in [6.45, 7) is 3.47. The first-order chi connectivity index (χ1) is 15.1. The fraction of sp³-hybridized carbons (Fsp3) is 0.174. The zero-order valence-corrected chi connectivity index (χ0v) is 17.9. The lowest BCUT2D eigenvalue weighted by Gasteiger charge is -2.19. The summed E-state index contributed by atoms with van der Waals surface area (Å²) >= 11 is 1.83. The molecule has 0 spiro atoms. The van der Waals surface area contributed by atoms with E-state index in [0.29, 0.717) is 23.3 Å². The maximum atomic E-state index is 11.6. The van der Waals surface area contributed by atoms with Gasteiger partial charge in [-0.1, -0.05) is 12.6 Å². The smallest absolute Gasteiger partial charge is 0.247 e. The van der Waals surface area contributed by atoms with Crippen LogP contribution in [0.5, 0.6) is 17.4 Å². The first-order valence-electron chi connectivity index (χ1n) is 9.74. The van der Waals surface area contributed by atoms with Crippen molar-refractivity contribution in [3.8, 4) is 17.4 Å². The van der Waals surface area contributed by atoms with Gasteiger partial charge in [0.2, 0.25) is 17.7 Å². The van der Waals surface area contributed by atoms with Gasteiger partial charge in [0.05, 0.1) is 12.8 Å². The number of fused-ring (bicyclic) bond motifs is 1. The van der Waals surface area contributed by atoms with Crippen LogP contribution in [0.25, 0.3) is 0 Å². The average molecular weight is 435 g/mol. The number of nitrogens with one attached hydrogen (secondary N) is 2. The molecule has 0 fully saturated rings. The highest BCUT2D eigenvalue weighted by Crippen LogP contribution is 2.34. The topological polar surface area (TPSA) is 85.4 Å².